The number of carboxylic acid groups (broad SMARTS) is 1. The maximum atomic E-state index is 13.3. The van der Waals surface area contributed by atoms with Crippen molar-refractivity contribution in [1.82, 2.24) is 14.9 Å². The van der Waals surface area contributed by atoms with Crippen molar-refractivity contribution in [2.45, 2.75) is 57.3 Å². The van der Waals surface area contributed by atoms with E-state index in [0.29, 0.717) is 41.2 Å². The summed E-state index contributed by atoms with van der Waals surface area (Å²) in [4.78, 5) is 26.4. The van der Waals surface area contributed by atoms with Crippen LogP contribution in [0, 0.1) is 13.8 Å². The second-order valence-electron chi connectivity index (χ2n) is 11.3. The third kappa shape index (κ3) is 9.33. The van der Waals surface area contributed by atoms with E-state index in [-0.39, 0.29) is 22.9 Å². The topological polar surface area (TPSA) is 151 Å². The Bertz CT molecular complexity index is 1680. The first kappa shape index (κ1) is 36.1. The molecule has 0 saturated heterocycles. The number of carbonyl (C=O) groups is 2. The minimum Gasteiger partial charge on any atom is -0.497 e. The number of nitrogens with zero attached hydrogens (tertiary/aromatic N) is 2. The van der Waals surface area contributed by atoms with Crippen molar-refractivity contribution < 1.29 is 45.4 Å². The van der Waals surface area contributed by atoms with E-state index >= 15 is 0 Å². The molecule has 46 heavy (non-hydrogen) atoms. The number of rotatable bonds is 10. The first-order valence-electron chi connectivity index (χ1n) is 14.0. The average molecular weight is 667 g/mol. The molecule has 0 radical (unpaired) electrons. The van der Waals surface area contributed by atoms with Crippen molar-refractivity contribution in [3.63, 3.8) is 0 Å². The summed E-state index contributed by atoms with van der Waals surface area (Å²) in [5.74, 6) is -1.15. The van der Waals surface area contributed by atoms with Gasteiger partial charge in [0, 0.05) is 19.2 Å². The zero-order valence-electron chi connectivity index (χ0n) is 26.3. The number of aliphatic carboxylic acids is 1. The van der Waals surface area contributed by atoms with Gasteiger partial charge in [0.25, 0.3) is 5.91 Å². The van der Waals surface area contributed by atoms with Crippen LogP contribution in [-0.4, -0.2) is 74.5 Å². The van der Waals surface area contributed by atoms with Gasteiger partial charge in [-0.2, -0.15) is 17.5 Å². The smallest absolute Gasteiger partial charge is 0.490 e. The van der Waals surface area contributed by atoms with E-state index in [1.807, 2.05) is 24.3 Å². The van der Waals surface area contributed by atoms with E-state index in [9.17, 15) is 26.4 Å². The summed E-state index contributed by atoms with van der Waals surface area (Å²) in [6, 6.07) is 13.1. The lowest BCUT2D eigenvalue weighted by Crippen LogP contribution is -2.39. The maximum absolute atomic E-state index is 13.3. The summed E-state index contributed by atoms with van der Waals surface area (Å²) in [6.07, 6.45) is -3.07. The first-order valence-corrected chi connectivity index (χ1v) is 15.5. The van der Waals surface area contributed by atoms with Crippen molar-refractivity contribution in [2.24, 2.45) is 4.99 Å². The highest BCUT2D eigenvalue weighted by Crippen LogP contribution is 2.28. The van der Waals surface area contributed by atoms with Crippen LogP contribution in [0.3, 0.4) is 0 Å². The summed E-state index contributed by atoms with van der Waals surface area (Å²) >= 11 is 0. The maximum Gasteiger partial charge on any atom is 0.490 e. The fourth-order valence-electron chi connectivity index (χ4n) is 4.57. The number of methoxy groups -OCH3 is 1. The van der Waals surface area contributed by atoms with Crippen molar-refractivity contribution >= 4 is 27.7 Å². The highest BCUT2D eigenvalue weighted by Gasteiger charge is 2.38. The number of ether oxygens (including phenoxy) is 1. The average Bonchev–Trinajstić information content (AvgIpc) is 3.58. The monoisotopic (exact) mass is 666 g/mol. The minimum atomic E-state index is -5.08. The Labute approximate surface area is 265 Å². The van der Waals surface area contributed by atoms with Crippen LogP contribution < -0.4 is 15.4 Å². The summed E-state index contributed by atoms with van der Waals surface area (Å²) in [5, 5.41) is 13.4. The van der Waals surface area contributed by atoms with Gasteiger partial charge in [-0.25, -0.2) is 13.2 Å². The quantitative estimate of drug-likeness (QED) is 0.287. The van der Waals surface area contributed by atoms with Crippen LogP contribution in [0.1, 0.15) is 52.2 Å². The van der Waals surface area contributed by atoms with Crippen LogP contribution in [0.15, 0.2) is 63.0 Å². The number of nitrogens with one attached hydrogen (secondary N) is 2. The number of amides is 1. The molecule has 2 aromatic carbocycles. The summed E-state index contributed by atoms with van der Waals surface area (Å²) < 4.78 is 70.3. The van der Waals surface area contributed by atoms with Gasteiger partial charge in [0.15, 0.2) is 0 Å². The molecule has 0 atom stereocenters. The predicted octanol–water partition coefficient (Wildman–Crippen LogP) is 4.46. The number of aliphatic imine (C=N–C) groups is 1. The minimum absolute atomic E-state index is 0.00972. The van der Waals surface area contributed by atoms with Gasteiger partial charge in [-0.15, -0.1) is 0 Å². The van der Waals surface area contributed by atoms with E-state index in [2.05, 4.69) is 29.5 Å². The molecule has 0 spiro atoms. The molecule has 15 heteroatoms. The van der Waals surface area contributed by atoms with E-state index < -0.39 is 22.2 Å². The second-order valence-corrected chi connectivity index (χ2v) is 13.3. The van der Waals surface area contributed by atoms with E-state index in [0.717, 1.165) is 23.5 Å². The Kier molecular flexibility index (Phi) is 11.3. The molecule has 0 bridgehead atoms. The predicted molar refractivity (Wildman–Crippen MR) is 165 cm³/mol. The number of carbonyl (C=O) groups excluding carboxylic acids is 1. The standard InChI is InChI=1S/C29H36N4O5S.C2HF3O2/c1-19-13-24(37-6)14-20(2)26(19)39(35,36)33(5)16-25-15-23(17-38-25)28(34)30-12-11-21-7-9-22(10-8-21)27-31-18-29(3,4)32-27;3-2(4,5)1(6)7/h7-10,13-15,17H,11-12,16,18H2,1-6H3,(H,30,34)(H,31,32);(H,6,7). The van der Waals surface area contributed by atoms with Gasteiger partial charge in [0.2, 0.25) is 10.0 Å². The number of alkyl halides is 3. The number of amidine groups is 1. The van der Waals surface area contributed by atoms with Crippen molar-refractivity contribution in [3.05, 3.63) is 82.3 Å². The molecule has 3 aromatic rings. The molecule has 1 amide bonds. The Balaban J connectivity index is 0.000000738. The number of carboxylic acids is 1. The Morgan fingerprint density at radius 2 is 1.72 bits per heavy atom. The Hall–Kier alpha value is -4.37. The zero-order valence-corrected chi connectivity index (χ0v) is 27.1. The lowest BCUT2D eigenvalue weighted by atomic mass is 10.1. The number of hydrogen-bond acceptors (Lipinski definition) is 8. The summed E-state index contributed by atoms with van der Waals surface area (Å²) in [6.45, 7) is 8.91. The molecule has 250 valence electrons. The lowest BCUT2D eigenvalue weighted by Gasteiger charge is -2.19. The number of sulfonamides is 1. The van der Waals surface area contributed by atoms with Gasteiger partial charge in [0.05, 0.1) is 36.2 Å². The van der Waals surface area contributed by atoms with Crippen LogP contribution in [0.2, 0.25) is 0 Å². The summed E-state index contributed by atoms with van der Waals surface area (Å²) in [5.41, 5.74) is 3.66. The number of aryl methyl sites for hydroxylation is 2. The highest BCUT2D eigenvalue weighted by molar-refractivity contribution is 7.89. The zero-order chi connectivity index (χ0) is 34.4. The van der Waals surface area contributed by atoms with Gasteiger partial charge in [-0.3, -0.25) is 9.79 Å². The van der Waals surface area contributed by atoms with Gasteiger partial charge in [-0.05, 0) is 69.0 Å². The van der Waals surface area contributed by atoms with Crippen LogP contribution in [0.25, 0.3) is 0 Å². The normalized spacial score (nSPS) is 14.2. The van der Waals surface area contributed by atoms with Crippen LogP contribution >= 0.6 is 0 Å². The molecule has 11 nitrogen and oxygen atoms in total. The fraction of sp³-hybridized carbons (Fsp3) is 0.387. The largest absolute Gasteiger partial charge is 0.497 e. The number of furan rings is 1. The van der Waals surface area contributed by atoms with Crippen molar-refractivity contribution in [3.8, 4) is 5.75 Å². The van der Waals surface area contributed by atoms with Gasteiger partial charge < -0.3 is 24.9 Å². The molecule has 4 rings (SSSR count). The Morgan fingerprint density at radius 3 is 2.22 bits per heavy atom. The first-order chi connectivity index (χ1) is 21.3. The number of benzene rings is 2. The van der Waals surface area contributed by atoms with E-state index in [1.165, 1.54) is 17.6 Å². The van der Waals surface area contributed by atoms with Gasteiger partial charge >= 0.3 is 12.1 Å². The van der Waals surface area contributed by atoms with Gasteiger partial charge in [-0.1, -0.05) is 24.3 Å². The molecule has 2 heterocycles. The van der Waals surface area contributed by atoms with Crippen molar-refractivity contribution in [2.75, 3.05) is 27.2 Å². The lowest BCUT2D eigenvalue weighted by molar-refractivity contribution is -0.192. The van der Waals surface area contributed by atoms with E-state index in [1.54, 1.807) is 39.2 Å². The highest BCUT2D eigenvalue weighted by atomic mass is 32.2. The molecule has 0 unspecified atom stereocenters. The molecule has 3 N–H and O–H groups in total. The number of halogens is 3. The second kappa shape index (κ2) is 14.4. The molecular weight excluding hydrogens is 629 g/mol. The third-order valence-corrected chi connectivity index (χ3v) is 9.00. The summed E-state index contributed by atoms with van der Waals surface area (Å²) in [7, 11) is -0.756. The van der Waals surface area contributed by atoms with Crippen LogP contribution in [0.5, 0.6) is 5.75 Å². The SMILES string of the molecule is COc1cc(C)c(S(=O)(=O)N(C)Cc2cc(C(=O)NCCc3ccc(C4=NCC(C)(C)N4)cc3)co2)c(C)c1.O=C(O)C(F)(F)F. The van der Waals surface area contributed by atoms with Crippen LogP contribution in [-0.2, 0) is 27.8 Å². The van der Waals surface area contributed by atoms with Crippen molar-refractivity contribution in [1.29, 1.82) is 0 Å². The molecule has 0 fully saturated rings. The fourth-order valence-corrected chi connectivity index (χ4v) is 6.11. The molecule has 1 aliphatic rings. The molecule has 0 saturated carbocycles. The molecular formula is C31H37F3N4O7S. The number of hydrogen-bond donors (Lipinski definition) is 3. The van der Waals surface area contributed by atoms with E-state index in [4.69, 9.17) is 19.1 Å². The van der Waals surface area contributed by atoms with Crippen LogP contribution in [0.4, 0.5) is 13.2 Å². The molecule has 1 aliphatic heterocycles. The molecule has 0 aliphatic carbocycles. The molecule has 1 aromatic heterocycles. The third-order valence-electron chi connectivity index (χ3n) is 6.89. The van der Waals surface area contributed by atoms with Gasteiger partial charge in [0.1, 0.15) is 23.6 Å². The Morgan fingerprint density at radius 1 is 1.13 bits per heavy atom.